The molecule has 0 aliphatic heterocycles. The molecule has 3 nitrogen and oxygen atoms in total. The Balaban J connectivity index is 4.24. The molecular formula is C11H21NO2. The molecule has 0 fully saturated rings. The average molecular weight is 199 g/mol. The number of nitrogens with zero attached hydrogens (tertiary/aromatic N) is 1. The third-order valence-corrected chi connectivity index (χ3v) is 2.12. The molecule has 0 aromatic carbocycles. The molecule has 14 heavy (non-hydrogen) atoms. The maximum atomic E-state index is 11.2. The van der Waals surface area contributed by atoms with Crippen LogP contribution in [0.5, 0.6) is 0 Å². The molecule has 3 heteroatoms. The van der Waals surface area contributed by atoms with Gasteiger partial charge in [0.05, 0.1) is 0 Å². The van der Waals surface area contributed by atoms with Crippen LogP contribution >= 0.6 is 0 Å². The van der Waals surface area contributed by atoms with Gasteiger partial charge >= 0.3 is 5.97 Å². The maximum absolute atomic E-state index is 11.2. The predicted octanol–water partition coefficient (Wildman–Crippen LogP) is 2.18. The molecule has 0 bridgehead atoms. The van der Waals surface area contributed by atoms with E-state index in [1.165, 1.54) is 0 Å². The fourth-order valence-corrected chi connectivity index (χ4v) is 1.37. The van der Waals surface area contributed by atoms with Gasteiger partial charge in [0, 0.05) is 11.6 Å². The van der Waals surface area contributed by atoms with Gasteiger partial charge in [-0.2, -0.15) is 0 Å². The number of carbonyl (C=O) groups is 1. The van der Waals surface area contributed by atoms with E-state index >= 15 is 0 Å². The van der Waals surface area contributed by atoms with Gasteiger partial charge in [-0.3, -0.25) is 4.90 Å². The van der Waals surface area contributed by atoms with Gasteiger partial charge in [0.1, 0.15) is 0 Å². The summed E-state index contributed by atoms with van der Waals surface area (Å²) in [6.45, 7) is 14.1. The largest absolute Gasteiger partial charge is 0.443 e. The summed E-state index contributed by atoms with van der Waals surface area (Å²) in [6, 6.07) is 0.368. The second-order valence-electron chi connectivity index (χ2n) is 3.71. The van der Waals surface area contributed by atoms with Gasteiger partial charge < -0.3 is 4.74 Å². The van der Waals surface area contributed by atoms with Crippen LogP contribution in [0.3, 0.4) is 0 Å². The van der Waals surface area contributed by atoms with Crippen molar-refractivity contribution in [3.63, 3.8) is 0 Å². The first-order valence-corrected chi connectivity index (χ1v) is 5.02. The molecule has 0 heterocycles. The number of carbonyl (C=O) groups excluding carboxylic acids is 1. The Bertz CT molecular complexity index is 211. The highest BCUT2D eigenvalue weighted by Crippen LogP contribution is 2.08. The summed E-state index contributed by atoms with van der Waals surface area (Å²) in [5, 5.41) is 0. The van der Waals surface area contributed by atoms with Crippen LogP contribution in [0, 0.1) is 0 Å². The minimum atomic E-state index is -0.323. The lowest BCUT2D eigenvalue weighted by Gasteiger charge is -2.30. The Kier molecular flexibility index (Phi) is 5.46. The van der Waals surface area contributed by atoms with E-state index in [4.69, 9.17) is 4.74 Å². The number of esters is 1. The van der Waals surface area contributed by atoms with Crippen molar-refractivity contribution in [2.75, 3.05) is 6.54 Å². The zero-order chi connectivity index (χ0) is 11.3. The van der Waals surface area contributed by atoms with E-state index in [0.29, 0.717) is 11.6 Å². The average Bonchev–Trinajstić information content (AvgIpc) is 2.04. The molecule has 0 aliphatic rings. The van der Waals surface area contributed by atoms with Crippen molar-refractivity contribution in [3.8, 4) is 0 Å². The molecule has 0 amide bonds. The monoisotopic (exact) mass is 199 g/mol. The molecule has 82 valence electrons. The van der Waals surface area contributed by atoms with Crippen LogP contribution in [-0.4, -0.2) is 29.7 Å². The summed E-state index contributed by atoms with van der Waals surface area (Å²) in [6.07, 6.45) is -0.191. The van der Waals surface area contributed by atoms with E-state index in [1.807, 2.05) is 13.8 Å². The fourth-order valence-electron chi connectivity index (χ4n) is 1.37. The molecule has 0 N–H and O–H groups in total. The lowest BCUT2D eigenvalue weighted by atomic mass is 10.3. The van der Waals surface area contributed by atoms with Crippen molar-refractivity contribution in [2.45, 2.75) is 46.9 Å². The lowest BCUT2D eigenvalue weighted by Crippen LogP contribution is -2.41. The fraction of sp³-hybridized carbons (Fsp3) is 0.727. The van der Waals surface area contributed by atoms with Crippen molar-refractivity contribution in [1.82, 2.24) is 4.90 Å². The van der Waals surface area contributed by atoms with Gasteiger partial charge in [-0.1, -0.05) is 13.5 Å². The molecule has 1 atom stereocenters. The third kappa shape index (κ3) is 3.92. The normalized spacial score (nSPS) is 13.1. The molecular weight excluding hydrogens is 178 g/mol. The van der Waals surface area contributed by atoms with Gasteiger partial charge in [0.15, 0.2) is 6.23 Å². The Morgan fingerprint density at radius 3 is 2.21 bits per heavy atom. The topological polar surface area (TPSA) is 29.5 Å². The molecule has 0 aromatic rings. The lowest BCUT2D eigenvalue weighted by molar-refractivity contribution is -0.154. The highest BCUT2D eigenvalue weighted by molar-refractivity contribution is 5.87. The number of hydrogen-bond acceptors (Lipinski definition) is 3. The van der Waals surface area contributed by atoms with Crippen LogP contribution in [0.1, 0.15) is 34.6 Å². The van der Waals surface area contributed by atoms with Gasteiger partial charge in [-0.25, -0.2) is 4.79 Å². The van der Waals surface area contributed by atoms with Gasteiger partial charge in [0.25, 0.3) is 0 Å². The van der Waals surface area contributed by atoms with E-state index in [-0.39, 0.29) is 12.2 Å². The molecule has 0 saturated carbocycles. The molecule has 0 aliphatic carbocycles. The van der Waals surface area contributed by atoms with Crippen molar-refractivity contribution < 1.29 is 9.53 Å². The SMILES string of the molecule is C=C(C)C(=O)OC(C)N(CC)C(C)C. The maximum Gasteiger partial charge on any atom is 0.334 e. The van der Waals surface area contributed by atoms with Gasteiger partial charge in [0.2, 0.25) is 0 Å². The van der Waals surface area contributed by atoms with Crippen molar-refractivity contribution in [2.24, 2.45) is 0 Å². The highest BCUT2D eigenvalue weighted by Gasteiger charge is 2.18. The first kappa shape index (κ1) is 13.2. The van der Waals surface area contributed by atoms with Crippen LogP contribution in [0.4, 0.5) is 0 Å². The summed E-state index contributed by atoms with van der Waals surface area (Å²) in [5.74, 6) is -0.323. The van der Waals surface area contributed by atoms with Gasteiger partial charge in [-0.05, 0) is 34.2 Å². The number of rotatable bonds is 5. The minimum Gasteiger partial charge on any atom is -0.443 e. The van der Waals surface area contributed by atoms with E-state index in [1.54, 1.807) is 6.92 Å². The van der Waals surface area contributed by atoms with E-state index in [0.717, 1.165) is 6.54 Å². The van der Waals surface area contributed by atoms with Crippen LogP contribution in [0.15, 0.2) is 12.2 Å². The Hall–Kier alpha value is -0.830. The molecule has 0 rings (SSSR count). The Labute approximate surface area is 86.7 Å². The van der Waals surface area contributed by atoms with Crippen LogP contribution in [0.2, 0.25) is 0 Å². The van der Waals surface area contributed by atoms with Crippen molar-refractivity contribution in [3.05, 3.63) is 12.2 Å². The van der Waals surface area contributed by atoms with Crippen LogP contribution in [-0.2, 0) is 9.53 Å². The summed E-state index contributed by atoms with van der Waals surface area (Å²) in [4.78, 5) is 13.3. The summed E-state index contributed by atoms with van der Waals surface area (Å²) < 4.78 is 5.21. The van der Waals surface area contributed by atoms with E-state index in [9.17, 15) is 4.79 Å². The first-order valence-electron chi connectivity index (χ1n) is 5.02. The van der Waals surface area contributed by atoms with E-state index < -0.39 is 0 Å². The van der Waals surface area contributed by atoms with Crippen LogP contribution in [0.25, 0.3) is 0 Å². The molecule has 0 radical (unpaired) electrons. The second-order valence-corrected chi connectivity index (χ2v) is 3.71. The second kappa shape index (κ2) is 5.81. The standard InChI is InChI=1S/C11H21NO2/c1-7-12(9(4)5)10(6)14-11(13)8(2)3/h9-10H,2,7H2,1,3-6H3. The Morgan fingerprint density at radius 2 is 1.93 bits per heavy atom. The minimum absolute atomic E-state index is 0.191. The third-order valence-electron chi connectivity index (χ3n) is 2.12. The molecule has 0 saturated heterocycles. The molecule has 0 aromatic heterocycles. The van der Waals surface area contributed by atoms with Crippen molar-refractivity contribution >= 4 is 5.97 Å². The van der Waals surface area contributed by atoms with Crippen LogP contribution < -0.4 is 0 Å². The van der Waals surface area contributed by atoms with E-state index in [2.05, 4.69) is 25.3 Å². The zero-order valence-corrected chi connectivity index (χ0v) is 9.83. The quantitative estimate of drug-likeness (QED) is 0.386. The highest BCUT2D eigenvalue weighted by atomic mass is 16.6. The smallest absolute Gasteiger partial charge is 0.334 e. The molecule has 1 unspecified atom stereocenters. The summed E-state index contributed by atoms with van der Waals surface area (Å²) in [7, 11) is 0. The van der Waals surface area contributed by atoms with Gasteiger partial charge in [-0.15, -0.1) is 0 Å². The number of ether oxygens (including phenoxy) is 1. The summed E-state index contributed by atoms with van der Waals surface area (Å²) in [5.41, 5.74) is 0.441. The summed E-state index contributed by atoms with van der Waals surface area (Å²) >= 11 is 0. The van der Waals surface area contributed by atoms with Crippen molar-refractivity contribution in [1.29, 1.82) is 0 Å². The predicted molar refractivity (Wildman–Crippen MR) is 57.9 cm³/mol. The Morgan fingerprint density at radius 1 is 1.43 bits per heavy atom. The molecule has 0 spiro atoms. The first-order chi connectivity index (χ1) is 6.40. The zero-order valence-electron chi connectivity index (χ0n) is 9.83. The number of hydrogen-bond donors (Lipinski definition) is 0.